The second kappa shape index (κ2) is 10.3. The van der Waals surface area contributed by atoms with E-state index in [1.165, 1.54) is 35.8 Å². The van der Waals surface area contributed by atoms with Gasteiger partial charge in [-0.25, -0.2) is 9.18 Å². The second-order valence-electron chi connectivity index (χ2n) is 7.12. The van der Waals surface area contributed by atoms with Crippen LogP contribution in [0.3, 0.4) is 0 Å². The number of nitrogens with zero attached hydrogens (tertiary/aromatic N) is 1. The number of aryl methyl sites for hydroxylation is 1. The van der Waals surface area contributed by atoms with Crippen LogP contribution >= 0.6 is 23.5 Å². The van der Waals surface area contributed by atoms with Crippen molar-refractivity contribution < 1.29 is 13.9 Å². The Kier molecular flexibility index (Phi) is 7.20. The standard InChI is InChI=1S/C26H22FNO3S2/c1-3-28-16-20(26(30)31-4-2)23(29)19-15-21(27)24(32-17-11-7-5-8-12-17)25(22(19)28)33-18-13-9-6-10-14-18/h5-16H,3-4H2,1-2H3. The molecule has 0 aliphatic heterocycles. The minimum absolute atomic E-state index is 0.0928. The van der Waals surface area contributed by atoms with Crippen molar-refractivity contribution in [1.82, 2.24) is 4.57 Å². The van der Waals surface area contributed by atoms with Crippen LogP contribution in [0.1, 0.15) is 24.2 Å². The molecule has 0 spiro atoms. The molecule has 0 unspecified atom stereocenters. The average Bonchev–Trinajstić information content (AvgIpc) is 2.83. The Morgan fingerprint density at radius 3 is 2.06 bits per heavy atom. The summed E-state index contributed by atoms with van der Waals surface area (Å²) in [5.74, 6) is -1.21. The van der Waals surface area contributed by atoms with Gasteiger partial charge >= 0.3 is 5.97 Å². The number of fused-ring (bicyclic) bond motifs is 1. The molecule has 4 nitrogen and oxygen atoms in total. The highest BCUT2D eigenvalue weighted by molar-refractivity contribution is 8.02. The van der Waals surface area contributed by atoms with Gasteiger partial charge in [0, 0.05) is 22.5 Å². The predicted molar refractivity (Wildman–Crippen MR) is 131 cm³/mol. The van der Waals surface area contributed by atoms with E-state index in [9.17, 15) is 9.59 Å². The fraction of sp³-hybridized carbons (Fsp3) is 0.154. The lowest BCUT2D eigenvalue weighted by Crippen LogP contribution is -2.21. The quantitative estimate of drug-likeness (QED) is 0.278. The molecular formula is C26H22FNO3S2. The van der Waals surface area contributed by atoms with Crippen LogP contribution in [0.15, 0.2) is 97.3 Å². The van der Waals surface area contributed by atoms with E-state index in [4.69, 9.17) is 4.74 Å². The van der Waals surface area contributed by atoms with E-state index in [1.54, 1.807) is 6.92 Å². The zero-order valence-electron chi connectivity index (χ0n) is 18.2. The van der Waals surface area contributed by atoms with Gasteiger partial charge in [-0.15, -0.1) is 0 Å². The molecule has 0 N–H and O–H groups in total. The van der Waals surface area contributed by atoms with Gasteiger partial charge < -0.3 is 9.30 Å². The Bertz CT molecular complexity index is 1360. The van der Waals surface area contributed by atoms with Crippen LogP contribution in [0.5, 0.6) is 0 Å². The first-order valence-corrected chi connectivity index (χ1v) is 12.2. The summed E-state index contributed by atoms with van der Waals surface area (Å²) in [6.45, 7) is 4.24. The zero-order chi connectivity index (χ0) is 23.4. The summed E-state index contributed by atoms with van der Waals surface area (Å²) in [6, 6.07) is 20.4. The largest absolute Gasteiger partial charge is 0.462 e. The molecule has 7 heteroatoms. The summed E-state index contributed by atoms with van der Waals surface area (Å²) in [5.41, 5.74) is -0.0211. The van der Waals surface area contributed by atoms with Crippen LogP contribution in [0, 0.1) is 5.82 Å². The highest BCUT2D eigenvalue weighted by Gasteiger charge is 2.23. The van der Waals surface area contributed by atoms with Crippen molar-refractivity contribution in [3.8, 4) is 0 Å². The van der Waals surface area contributed by atoms with Crippen LogP contribution in [0.25, 0.3) is 10.9 Å². The smallest absolute Gasteiger partial charge is 0.343 e. The number of aromatic nitrogens is 1. The third-order valence-corrected chi connectivity index (χ3v) is 7.34. The third-order valence-electron chi connectivity index (χ3n) is 4.99. The molecule has 4 aromatic rings. The lowest BCUT2D eigenvalue weighted by molar-refractivity contribution is 0.0524. The van der Waals surface area contributed by atoms with Gasteiger partial charge in [0.15, 0.2) is 0 Å². The van der Waals surface area contributed by atoms with Crippen molar-refractivity contribution in [1.29, 1.82) is 0 Å². The molecule has 0 bridgehead atoms. The number of hydrogen-bond donors (Lipinski definition) is 0. The minimum atomic E-state index is -0.702. The molecule has 0 radical (unpaired) electrons. The number of pyridine rings is 1. The van der Waals surface area contributed by atoms with Crippen molar-refractivity contribution in [2.45, 2.75) is 40.0 Å². The van der Waals surface area contributed by atoms with Crippen molar-refractivity contribution in [3.63, 3.8) is 0 Å². The highest BCUT2D eigenvalue weighted by atomic mass is 32.2. The molecule has 3 aromatic carbocycles. The van der Waals surface area contributed by atoms with Crippen molar-refractivity contribution in [2.75, 3.05) is 6.61 Å². The van der Waals surface area contributed by atoms with E-state index in [2.05, 4.69) is 0 Å². The van der Waals surface area contributed by atoms with Gasteiger partial charge in [0.05, 0.1) is 27.3 Å². The van der Waals surface area contributed by atoms with E-state index in [1.807, 2.05) is 72.2 Å². The molecule has 0 aliphatic rings. The summed E-state index contributed by atoms with van der Waals surface area (Å²) < 4.78 is 22.4. The third kappa shape index (κ3) is 4.84. The number of rotatable bonds is 7. The maximum atomic E-state index is 15.6. The maximum absolute atomic E-state index is 15.6. The number of benzene rings is 3. The Hall–Kier alpha value is -3.03. The van der Waals surface area contributed by atoms with Crippen molar-refractivity contribution in [3.05, 3.63) is 94.5 Å². The molecule has 168 valence electrons. The maximum Gasteiger partial charge on any atom is 0.343 e. The topological polar surface area (TPSA) is 48.3 Å². The summed E-state index contributed by atoms with van der Waals surface area (Å²) in [4.78, 5) is 28.5. The van der Waals surface area contributed by atoms with Crippen LogP contribution in [0.2, 0.25) is 0 Å². The molecule has 0 saturated heterocycles. The number of hydrogen-bond acceptors (Lipinski definition) is 5. The molecule has 0 saturated carbocycles. The first kappa shape index (κ1) is 23.1. The number of halogens is 1. The SMILES string of the molecule is CCOC(=O)c1cn(CC)c2c(Sc3ccccc3)c(Sc3ccccc3)c(F)cc2c1=O. The van der Waals surface area contributed by atoms with E-state index in [-0.39, 0.29) is 17.6 Å². The van der Waals surface area contributed by atoms with Gasteiger partial charge in [0.2, 0.25) is 5.43 Å². The zero-order valence-corrected chi connectivity index (χ0v) is 19.8. The van der Waals surface area contributed by atoms with E-state index >= 15 is 4.39 Å². The first-order valence-electron chi connectivity index (χ1n) is 10.6. The van der Waals surface area contributed by atoms with Crippen LogP contribution in [0.4, 0.5) is 4.39 Å². The molecule has 4 rings (SSSR count). The van der Waals surface area contributed by atoms with Gasteiger partial charge in [-0.3, -0.25) is 4.79 Å². The number of ether oxygens (including phenoxy) is 1. The minimum Gasteiger partial charge on any atom is -0.462 e. The molecule has 33 heavy (non-hydrogen) atoms. The molecule has 1 aromatic heterocycles. The summed E-state index contributed by atoms with van der Waals surface area (Å²) in [7, 11) is 0. The molecule has 0 amide bonds. The monoisotopic (exact) mass is 479 g/mol. The lowest BCUT2D eigenvalue weighted by atomic mass is 10.1. The van der Waals surface area contributed by atoms with Crippen molar-refractivity contribution in [2.24, 2.45) is 0 Å². The van der Waals surface area contributed by atoms with Gasteiger partial charge in [0.1, 0.15) is 11.4 Å². The van der Waals surface area contributed by atoms with Gasteiger partial charge in [0.25, 0.3) is 0 Å². The lowest BCUT2D eigenvalue weighted by Gasteiger charge is -2.18. The number of carbonyl (C=O) groups is 1. The fourth-order valence-electron chi connectivity index (χ4n) is 3.49. The Labute approximate surface area is 199 Å². The second-order valence-corrected chi connectivity index (χ2v) is 9.29. The fourth-order valence-corrected chi connectivity index (χ4v) is 5.66. The van der Waals surface area contributed by atoms with Gasteiger partial charge in [-0.2, -0.15) is 0 Å². The van der Waals surface area contributed by atoms with Crippen molar-refractivity contribution >= 4 is 40.4 Å². The Balaban J connectivity index is 2.01. The number of esters is 1. The van der Waals surface area contributed by atoms with Gasteiger partial charge in [-0.1, -0.05) is 59.9 Å². The van der Waals surface area contributed by atoms with Crippen LogP contribution in [-0.2, 0) is 11.3 Å². The van der Waals surface area contributed by atoms with E-state index in [0.29, 0.717) is 21.9 Å². The number of carbonyl (C=O) groups excluding carboxylic acids is 1. The molecule has 0 atom stereocenters. The normalized spacial score (nSPS) is 11.0. The first-order chi connectivity index (χ1) is 16.0. The Morgan fingerprint density at radius 2 is 1.52 bits per heavy atom. The average molecular weight is 480 g/mol. The molecule has 0 aliphatic carbocycles. The molecule has 1 heterocycles. The highest BCUT2D eigenvalue weighted by Crippen LogP contribution is 2.44. The predicted octanol–water partition coefficient (Wildman–Crippen LogP) is 6.64. The van der Waals surface area contributed by atoms with Crippen LogP contribution < -0.4 is 5.43 Å². The summed E-state index contributed by atoms with van der Waals surface area (Å²) >= 11 is 2.72. The van der Waals surface area contributed by atoms with Gasteiger partial charge in [-0.05, 0) is 44.2 Å². The molecular weight excluding hydrogens is 457 g/mol. The Morgan fingerprint density at radius 1 is 0.939 bits per heavy atom. The van der Waals surface area contributed by atoms with E-state index in [0.717, 1.165) is 9.79 Å². The summed E-state index contributed by atoms with van der Waals surface area (Å²) in [5, 5.41) is 0.163. The molecule has 0 fully saturated rings. The van der Waals surface area contributed by atoms with E-state index < -0.39 is 17.2 Å². The summed E-state index contributed by atoms with van der Waals surface area (Å²) in [6.07, 6.45) is 1.52. The van der Waals surface area contributed by atoms with Crippen LogP contribution in [-0.4, -0.2) is 17.1 Å².